The highest BCUT2D eigenvalue weighted by Gasteiger charge is 2.31. The summed E-state index contributed by atoms with van der Waals surface area (Å²) in [7, 11) is -3.37. The van der Waals surface area contributed by atoms with Crippen LogP contribution in [0.4, 0.5) is 5.69 Å². The molecule has 1 fully saturated rings. The van der Waals surface area contributed by atoms with Gasteiger partial charge in [-0.25, -0.2) is 12.7 Å². The molecule has 1 aliphatic heterocycles. The fraction of sp³-hybridized carbons (Fsp3) is 0.381. The van der Waals surface area contributed by atoms with Gasteiger partial charge in [0.15, 0.2) is 0 Å². The van der Waals surface area contributed by atoms with E-state index in [2.05, 4.69) is 5.32 Å². The molecule has 1 aliphatic rings. The number of carbonyl (C=O) groups excluding carboxylic acids is 1. The number of hydrogen-bond donors (Lipinski definition) is 1. The SMILES string of the molecule is CSc1ccccc1NC(=O)C1CCN(S(=O)(=O)Cc2ccc(C)cc2)CC1. The topological polar surface area (TPSA) is 66.5 Å². The van der Waals surface area contributed by atoms with Crippen molar-refractivity contribution in [3.05, 3.63) is 59.7 Å². The number of anilines is 1. The molecule has 0 unspecified atom stereocenters. The van der Waals surface area contributed by atoms with Gasteiger partial charge in [0, 0.05) is 23.9 Å². The van der Waals surface area contributed by atoms with Crippen molar-refractivity contribution in [2.24, 2.45) is 5.92 Å². The number of benzene rings is 2. The number of para-hydroxylation sites is 1. The molecule has 150 valence electrons. The summed E-state index contributed by atoms with van der Waals surface area (Å²) in [6, 6.07) is 15.3. The van der Waals surface area contributed by atoms with Gasteiger partial charge in [0.1, 0.15) is 0 Å². The van der Waals surface area contributed by atoms with Crippen LogP contribution < -0.4 is 5.32 Å². The van der Waals surface area contributed by atoms with Crippen LogP contribution in [0, 0.1) is 12.8 Å². The third-order valence-electron chi connectivity index (χ3n) is 5.05. The molecule has 7 heteroatoms. The Kier molecular flexibility index (Phi) is 6.80. The Labute approximate surface area is 171 Å². The number of amides is 1. The molecule has 0 aromatic heterocycles. The Hall–Kier alpha value is -1.83. The minimum Gasteiger partial charge on any atom is -0.325 e. The lowest BCUT2D eigenvalue weighted by Gasteiger charge is -2.30. The quantitative estimate of drug-likeness (QED) is 0.723. The van der Waals surface area contributed by atoms with E-state index in [0.717, 1.165) is 21.7 Å². The first-order chi connectivity index (χ1) is 13.4. The predicted molar refractivity (Wildman–Crippen MR) is 115 cm³/mol. The Morgan fingerprint density at radius 2 is 1.75 bits per heavy atom. The van der Waals surface area contributed by atoms with Gasteiger partial charge in [-0.15, -0.1) is 11.8 Å². The smallest absolute Gasteiger partial charge is 0.227 e. The summed E-state index contributed by atoms with van der Waals surface area (Å²) in [4.78, 5) is 13.6. The van der Waals surface area contributed by atoms with Crippen molar-refractivity contribution < 1.29 is 13.2 Å². The summed E-state index contributed by atoms with van der Waals surface area (Å²) in [5.41, 5.74) is 2.71. The average molecular weight is 419 g/mol. The lowest BCUT2D eigenvalue weighted by molar-refractivity contribution is -0.120. The van der Waals surface area contributed by atoms with E-state index < -0.39 is 10.0 Å². The summed E-state index contributed by atoms with van der Waals surface area (Å²) in [5, 5.41) is 3.00. The third kappa shape index (κ3) is 5.16. The lowest BCUT2D eigenvalue weighted by Crippen LogP contribution is -2.41. The molecule has 3 rings (SSSR count). The normalized spacial score (nSPS) is 16.1. The minimum absolute atomic E-state index is 0.00520. The van der Waals surface area contributed by atoms with E-state index in [1.165, 1.54) is 4.31 Å². The van der Waals surface area contributed by atoms with Crippen LogP contribution in [-0.2, 0) is 20.6 Å². The molecule has 5 nitrogen and oxygen atoms in total. The molecule has 1 saturated heterocycles. The highest BCUT2D eigenvalue weighted by Crippen LogP contribution is 2.27. The molecule has 0 radical (unpaired) electrons. The van der Waals surface area contributed by atoms with Crippen molar-refractivity contribution in [3.8, 4) is 0 Å². The highest BCUT2D eigenvalue weighted by atomic mass is 32.2. The molecule has 0 atom stereocenters. The molecular formula is C21H26N2O3S2. The molecule has 2 aromatic rings. The van der Waals surface area contributed by atoms with Gasteiger partial charge < -0.3 is 5.32 Å². The monoisotopic (exact) mass is 418 g/mol. The van der Waals surface area contributed by atoms with E-state index >= 15 is 0 Å². The van der Waals surface area contributed by atoms with E-state index in [1.807, 2.05) is 61.7 Å². The van der Waals surface area contributed by atoms with Crippen molar-refractivity contribution in [3.63, 3.8) is 0 Å². The Bertz CT molecular complexity index is 919. The second-order valence-corrected chi connectivity index (χ2v) is 9.92. The second-order valence-electron chi connectivity index (χ2n) is 7.10. The van der Waals surface area contributed by atoms with Crippen molar-refractivity contribution in [1.29, 1.82) is 0 Å². The predicted octanol–water partition coefficient (Wildman–Crippen LogP) is 3.90. The molecule has 2 aromatic carbocycles. The molecule has 1 N–H and O–H groups in total. The first-order valence-corrected chi connectivity index (χ1v) is 12.2. The second kappa shape index (κ2) is 9.11. The van der Waals surface area contributed by atoms with Gasteiger partial charge in [-0.05, 0) is 43.7 Å². The van der Waals surface area contributed by atoms with Crippen molar-refractivity contribution in [1.82, 2.24) is 4.31 Å². The molecule has 28 heavy (non-hydrogen) atoms. The number of rotatable bonds is 6. The van der Waals surface area contributed by atoms with E-state index in [1.54, 1.807) is 11.8 Å². The van der Waals surface area contributed by atoms with Gasteiger partial charge >= 0.3 is 0 Å². The van der Waals surface area contributed by atoms with Crippen LogP contribution in [-0.4, -0.2) is 38.0 Å². The minimum atomic E-state index is -3.37. The summed E-state index contributed by atoms with van der Waals surface area (Å²) < 4.78 is 26.9. The van der Waals surface area contributed by atoms with Crippen molar-refractivity contribution in [2.75, 3.05) is 24.7 Å². The first-order valence-electron chi connectivity index (χ1n) is 9.36. The number of piperidine rings is 1. The zero-order valence-electron chi connectivity index (χ0n) is 16.2. The zero-order valence-corrected chi connectivity index (χ0v) is 17.9. The molecule has 0 saturated carbocycles. The van der Waals surface area contributed by atoms with Gasteiger partial charge in [-0.1, -0.05) is 42.0 Å². The van der Waals surface area contributed by atoms with Crippen LogP contribution in [0.2, 0.25) is 0 Å². The maximum atomic E-state index is 12.7. The molecule has 0 aliphatic carbocycles. The number of sulfonamides is 1. The van der Waals surface area contributed by atoms with Gasteiger partial charge in [-0.2, -0.15) is 0 Å². The average Bonchev–Trinajstić information content (AvgIpc) is 2.70. The number of nitrogens with one attached hydrogen (secondary N) is 1. The van der Waals surface area contributed by atoms with Gasteiger partial charge in [0.05, 0.1) is 11.4 Å². The standard InChI is InChI=1S/C21H26N2O3S2/c1-16-7-9-17(10-8-16)15-28(25,26)23-13-11-18(12-14-23)21(24)22-19-5-3-4-6-20(19)27-2/h3-10,18H,11-15H2,1-2H3,(H,22,24). The summed E-state index contributed by atoms with van der Waals surface area (Å²) in [6.45, 7) is 2.75. The number of aryl methyl sites for hydroxylation is 1. The largest absolute Gasteiger partial charge is 0.325 e. The van der Waals surface area contributed by atoms with Crippen LogP contribution in [0.25, 0.3) is 0 Å². The highest BCUT2D eigenvalue weighted by molar-refractivity contribution is 7.98. The Balaban J connectivity index is 1.57. The van der Waals surface area contributed by atoms with Crippen LogP contribution in [0.1, 0.15) is 24.0 Å². The molecule has 0 bridgehead atoms. The van der Waals surface area contributed by atoms with Crippen molar-refractivity contribution >= 4 is 33.4 Å². The first kappa shape index (κ1) is 20.9. The lowest BCUT2D eigenvalue weighted by atomic mass is 9.97. The molecule has 0 spiro atoms. The Morgan fingerprint density at radius 1 is 1.11 bits per heavy atom. The molecule has 1 amide bonds. The fourth-order valence-electron chi connectivity index (χ4n) is 3.37. The van der Waals surface area contributed by atoms with Crippen LogP contribution in [0.3, 0.4) is 0 Å². The summed E-state index contributed by atoms with van der Waals surface area (Å²) in [6.07, 6.45) is 3.06. The van der Waals surface area contributed by atoms with Gasteiger partial charge in [-0.3, -0.25) is 4.79 Å². The maximum Gasteiger partial charge on any atom is 0.227 e. The van der Waals surface area contributed by atoms with E-state index in [0.29, 0.717) is 25.9 Å². The number of carbonyl (C=O) groups is 1. The van der Waals surface area contributed by atoms with Crippen molar-refractivity contribution in [2.45, 2.75) is 30.4 Å². The maximum absolute atomic E-state index is 12.7. The number of hydrogen-bond acceptors (Lipinski definition) is 4. The third-order valence-corrected chi connectivity index (χ3v) is 7.70. The fourth-order valence-corrected chi connectivity index (χ4v) is 5.48. The molecular weight excluding hydrogens is 392 g/mol. The number of nitrogens with zero attached hydrogens (tertiary/aromatic N) is 1. The summed E-state index contributed by atoms with van der Waals surface area (Å²) in [5.74, 6) is -0.191. The van der Waals surface area contributed by atoms with Crippen LogP contribution in [0.5, 0.6) is 0 Å². The van der Waals surface area contributed by atoms with E-state index in [-0.39, 0.29) is 17.6 Å². The molecule has 1 heterocycles. The van der Waals surface area contributed by atoms with Gasteiger partial charge in [0.25, 0.3) is 0 Å². The summed E-state index contributed by atoms with van der Waals surface area (Å²) >= 11 is 1.59. The van der Waals surface area contributed by atoms with E-state index in [4.69, 9.17) is 0 Å². The van der Waals surface area contributed by atoms with E-state index in [9.17, 15) is 13.2 Å². The Morgan fingerprint density at radius 3 is 2.39 bits per heavy atom. The number of thioether (sulfide) groups is 1. The van der Waals surface area contributed by atoms with Crippen LogP contribution >= 0.6 is 11.8 Å². The zero-order chi connectivity index (χ0) is 20.1. The van der Waals surface area contributed by atoms with Crippen LogP contribution in [0.15, 0.2) is 53.4 Å². The van der Waals surface area contributed by atoms with Gasteiger partial charge in [0.2, 0.25) is 15.9 Å².